The summed E-state index contributed by atoms with van der Waals surface area (Å²) in [6.07, 6.45) is 1.01. The summed E-state index contributed by atoms with van der Waals surface area (Å²) < 4.78 is 5.35. The molecule has 0 unspecified atom stereocenters. The SMILES string of the molecule is CCc1ccc(/C(C)=N/NC(=O)COc2ccccc2)s1. The van der Waals surface area contributed by atoms with E-state index < -0.39 is 0 Å². The molecule has 2 aromatic rings. The number of ether oxygens (including phenoxy) is 1. The molecule has 1 N–H and O–H groups in total. The van der Waals surface area contributed by atoms with Crippen LogP contribution in [0, 0.1) is 0 Å². The van der Waals surface area contributed by atoms with Crippen molar-refractivity contribution in [2.75, 3.05) is 6.61 Å². The van der Waals surface area contributed by atoms with Crippen molar-refractivity contribution < 1.29 is 9.53 Å². The Kier molecular flexibility index (Phi) is 5.51. The summed E-state index contributed by atoms with van der Waals surface area (Å²) >= 11 is 1.69. The molecule has 1 aromatic carbocycles. The van der Waals surface area contributed by atoms with Crippen molar-refractivity contribution in [3.63, 3.8) is 0 Å². The molecule has 0 saturated carbocycles. The molecular formula is C16H18N2O2S. The van der Waals surface area contributed by atoms with Crippen LogP contribution < -0.4 is 10.2 Å². The van der Waals surface area contributed by atoms with Gasteiger partial charge in [-0.15, -0.1) is 11.3 Å². The van der Waals surface area contributed by atoms with Gasteiger partial charge >= 0.3 is 0 Å². The Morgan fingerprint density at radius 3 is 2.67 bits per heavy atom. The van der Waals surface area contributed by atoms with Gasteiger partial charge < -0.3 is 4.74 Å². The molecule has 0 atom stereocenters. The van der Waals surface area contributed by atoms with E-state index in [4.69, 9.17) is 4.74 Å². The molecule has 0 aliphatic heterocycles. The molecule has 1 heterocycles. The molecule has 110 valence electrons. The molecule has 0 bridgehead atoms. The molecule has 1 aromatic heterocycles. The predicted molar refractivity (Wildman–Crippen MR) is 86.0 cm³/mol. The second kappa shape index (κ2) is 7.59. The molecule has 1 amide bonds. The third-order valence-electron chi connectivity index (χ3n) is 2.83. The van der Waals surface area contributed by atoms with Gasteiger partial charge in [0.25, 0.3) is 5.91 Å². The number of hydrogen-bond acceptors (Lipinski definition) is 4. The molecular weight excluding hydrogens is 284 g/mol. The average Bonchev–Trinajstić information content (AvgIpc) is 3.00. The number of aryl methyl sites for hydroxylation is 1. The van der Waals surface area contributed by atoms with Gasteiger partial charge in [0.2, 0.25) is 0 Å². The van der Waals surface area contributed by atoms with E-state index in [1.54, 1.807) is 23.5 Å². The summed E-state index contributed by atoms with van der Waals surface area (Å²) in [5.41, 5.74) is 3.31. The van der Waals surface area contributed by atoms with Crippen LogP contribution in [-0.2, 0) is 11.2 Å². The Bertz CT molecular complexity index is 620. The quantitative estimate of drug-likeness (QED) is 0.658. The maximum absolute atomic E-state index is 11.7. The van der Waals surface area contributed by atoms with Gasteiger partial charge in [-0.05, 0) is 37.6 Å². The highest BCUT2D eigenvalue weighted by Gasteiger charge is 2.04. The summed E-state index contributed by atoms with van der Waals surface area (Å²) in [6.45, 7) is 3.94. The van der Waals surface area contributed by atoms with Gasteiger partial charge in [0, 0.05) is 4.88 Å². The first-order valence-electron chi connectivity index (χ1n) is 6.79. The van der Waals surface area contributed by atoms with Crippen LogP contribution in [0.3, 0.4) is 0 Å². The van der Waals surface area contributed by atoms with E-state index in [0.29, 0.717) is 5.75 Å². The van der Waals surface area contributed by atoms with Crippen molar-refractivity contribution in [3.05, 3.63) is 52.2 Å². The van der Waals surface area contributed by atoms with E-state index in [-0.39, 0.29) is 12.5 Å². The molecule has 0 aliphatic rings. The lowest BCUT2D eigenvalue weighted by atomic mass is 10.3. The van der Waals surface area contributed by atoms with E-state index >= 15 is 0 Å². The van der Waals surface area contributed by atoms with Crippen molar-refractivity contribution in [3.8, 4) is 5.75 Å². The van der Waals surface area contributed by atoms with Crippen LogP contribution in [0.2, 0.25) is 0 Å². The molecule has 0 saturated heterocycles. The van der Waals surface area contributed by atoms with Crippen LogP contribution in [0.5, 0.6) is 5.75 Å². The number of nitrogens with zero attached hydrogens (tertiary/aromatic N) is 1. The van der Waals surface area contributed by atoms with Crippen molar-refractivity contribution in [1.29, 1.82) is 0 Å². The lowest BCUT2D eigenvalue weighted by Crippen LogP contribution is -2.25. The van der Waals surface area contributed by atoms with Crippen LogP contribution in [0.25, 0.3) is 0 Å². The Morgan fingerprint density at radius 1 is 1.24 bits per heavy atom. The minimum atomic E-state index is -0.273. The predicted octanol–water partition coefficient (Wildman–Crippen LogP) is 3.23. The van der Waals surface area contributed by atoms with E-state index in [2.05, 4.69) is 23.5 Å². The van der Waals surface area contributed by atoms with Gasteiger partial charge in [-0.1, -0.05) is 25.1 Å². The monoisotopic (exact) mass is 302 g/mol. The highest BCUT2D eigenvalue weighted by molar-refractivity contribution is 7.14. The van der Waals surface area contributed by atoms with E-state index in [0.717, 1.165) is 17.0 Å². The fourth-order valence-corrected chi connectivity index (χ4v) is 2.55. The molecule has 21 heavy (non-hydrogen) atoms. The lowest BCUT2D eigenvalue weighted by Gasteiger charge is -2.04. The molecule has 0 radical (unpaired) electrons. The number of carbonyl (C=O) groups excluding carboxylic acids is 1. The first-order valence-corrected chi connectivity index (χ1v) is 7.60. The standard InChI is InChI=1S/C16H18N2O2S/c1-3-14-9-10-15(21-14)12(2)17-18-16(19)11-20-13-7-5-4-6-8-13/h4-10H,3,11H2,1-2H3,(H,18,19)/b17-12+. The zero-order valence-electron chi connectivity index (χ0n) is 12.1. The molecule has 4 nitrogen and oxygen atoms in total. The normalized spacial score (nSPS) is 11.2. The number of amides is 1. The Labute approximate surface area is 128 Å². The second-order valence-electron chi connectivity index (χ2n) is 4.45. The summed E-state index contributed by atoms with van der Waals surface area (Å²) in [7, 11) is 0. The van der Waals surface area contributed by atoms with Gasteiger partial charge in [0.15, 0.2) is 6.61 Å². The van der Waals surface area contributed by atoms with Gasteiger partial charge in [-0.2, -0.15) is 5.10 Å². The molecule has 0 spiro atoms. The highest BCUT2D eigenvalue weighted by Crippen LogP contribution is 2.17. The van der Waals surface area contributed by atoms with Crippen molar-refractivity contribution in [2.24, 2.45) is 5.10 Å². The number of carbonyl (C=O) groups is 1. The topological polar surface area (TPSA) is 50.7 Å². The van der Waals surface area contributed by atoms with Crippen molar-refractivity contribution in [1.82, 2.24) is 5.43 Å². The van der Waals surface area contributed by atoms with E-state index in [1.165, 1.54) is 4.88 Å². The zero-order chi connectivity index (χ0) is 15.1. The van der Waals surface area contributed by atoms with Crippen molar-refractivity contribution in [2.45, 2.75) is 20.3 Å². The number of nitrogens with one attached hydrogen (secondary N) is 1. The summed E-state index contributed by atoms with van der Waals surface area (Å²) in [5.74, 6) is 0.393. The van der Waals surface area contributed by atoms with E-state index in [1.807, 2.05) is 31.2 Å². The minimum absolute atomic E-state index is 0.0502. The third kappa shape index (κ3) is 4.72. The van der Waals surface area contributed by atoms with Crippen LogP contribution in [0.1, 0.15) is 23.6 Å². The van der Waals surface area contributed by atoms with Gasteiger partial charge in [-0.25, -0.2) is 5.43 Å². The number of hydrogen-bond donors (Lipinski definition) is 1. The number of rotatable bonds is 6. The Hall–Kier alpha value is -2.14. The minimum Gasteiger partial charge on any atom is -0.484 e. The Balaban J connectivity index is 1.83. The fraction of sp³-hybridized carbons (Fsp3) is 0.250. The van der Waals surface area contributed by atoms with E-state index in [9.17, 15) is 4.79 Å². The van der Waals surface area contributed by atoms with Crippen LogP contribution in [-0.4, -0.2) is 18.2 Å². The van der Waals surface area contributed by atoms with Gasteiger partial charge in [0.1, 0.15) is 5.75 Å². The van der Waals surface area contributed by atoms with Crippen LogP contribution in [0.15, 0.2) is 47.6 Å². The largest absolute Gasteiger partial charge is 0.484 e. The smallest absolute Gasteiger partial charge is 0.277 e. The summed E-state index contributed by atoms with van der Waals surface area (Å²) in [5, 5.41) is 4.10. The number of hydrazone groups is 1. The molecule has 0 fully saturated rings. The van der Waals surface area contributed by atoms with Crippen LogP contribution in [0.4, 0.5) is 0 Å². The zero-order valence-corrected chi connectivity index (χ0v) is 12.9. The maximum Gasteiger partial charge on any atom is 0.277 e. The van der Waals surface area contributed by atoms with Crippen molar-refractivity contribution >= 4 is 23.0 Å². The maximum atomic E-state index is 11.7. The highest BCUT2D eigenvalue weighted by atomic mass is 32.1. The summed E-state index contributed by atoms with van der Waals surface area (Å²) in [4.78, 5) is 14.0. The number of para-hydroxylation sites is 1. The molecule has 2 rings (SSSR count). The van der Waals surface area contributed by atoms with Gasteiger partial charge in [0.05, 0.1) is 10.6 Å². The summed E-state index contributed by atoms with van der Waals surface area (Å²) in [6, 6.07) is 13.3. The third-order valence-corrected chi connectivity index (χ3v) is 4.17. The van der Waals surface area contributed by atoms with Crippen LogP contribution >= 0.6 is 11.3 Å². The average molecular weight is 302 g/mol. The van der Waals surface area contributed by atoms with Gasteiger partial charge in [-0.3, -0.25) is 4.79 Å². The Morgan fingerprint density at radius 2 is 2.00 bits per heavy atom. The lowest BCUT2D eigenvalue weighted by molar-refractivity contribution is -0.123. The molecule has 5 heteroatoms. The first kappa shape index (κ1) is 15.3. The fourth-order valence-electron chi connectivity index (χ4n) is 1.66. The molecule has 0 aliphatic carbocycles. The number of thiophene rings is 1. The number of benzene rings is 1. The second-order valence-corrected chi connectivity index (χ2v) is 5.62. The first-order chi connectivity index (χ1) is 10.2.